The molecule has 1 aromatic heterocycles. The molecular weight excluding hydrogens is 366 g/mol. The zero-order chi connectivity index (χ0) is 18.6. The molecule has 26 heavy (non-hydrogen) atoms. The first kappa shape index (κ1) is 19.5. The lowest BCUT2D eigenvalue weighted by Gasteiger charge is -2.26. The molecule has 5 nitrogen and oxygen atoms in total. The molecule has 3 rings (SSSR count). The Morgan fingerprint density at radius 2 is 1.85 bits per heavy atom. The largest absolute Gasteiger partial charge is 0.317 e. The van der Waals surface area contributed by atoms with Crippen molar-refractivity contribution in [3.8, 4) is 0 Å². The van der Waals surface area contributed by atoms with Gasteiger partial charge in [-0.1, -0.05) is 30.3 Å². The lowest BCUT2D eigenvalue weighted by molar-refractivity contribution is 0.285. The van der Waals surface area contributed by atoms with E-state index in [4.69, 9.17) is 0 Å². The number of sulfone groups is 1. The molecule has 0 bridgehead atoms. The van der Waals surface area contributed by atoms with Gasteiger partial charge in [0.15, 0.2) is 0 Å². The lowest BCUT2D eigenvalue weighted by Crippen LogP contribution is -2.33. The highest BCUT2D eigenvalue weighted by molar-refractivity contribution is 7.99. The molecule has 0 saturated carbocycles. The second-order valence-electron chi connectivity index (χ2n) is 6.90. The van der Waals surface area contributed by atoms with Crippen LogP contribution in [0.2, 0.25) is 0 Å². The summed E-state index contributed by atoms with van der Waals surface area (Å²) in [5.41, 5.74) is 2.20. The van der Waals surface area contributed by atoms with Crippen LogP contribution in [0.25, 0.3) is 0 Å². The number of aryl methyl sites for hydroxylation is 1. The number of aromatic nitrogens is 2. The first-order valence-electron chi connectivity index (χ1n) is 9.11. The predicted molar refractivity (Wildman–Crippen MR) is 107 cm³/mol. The average Bonchev–Trinajstić information content (AvgIpc) is 3.05. The first-order valence-corrected chi connectivity index (χ1v) is 11.8. The molecule has 0 radical (unpaired) electrons. The molecule has 2 aromatic rings. The van der Waals surface area contributed by atoms with Gasteiger partial charge in [0, 0.05) is 37.7 Å². The van der Waals surface area contributed by atoms with E-state index in [1.807, 2.05) is 34.5 Å². The van der Waals surface area contributed by atoms with Crippen molar-refractivity contribution < 1.29 is 8.42 Å². The minimum absolute atomic E-state index is 0.213. The van der Waals surface area contributed by atoms with Crippen LogP contribution in [0.3, 0.4) is 0 Å². The maximum atomic E-state index is 12.8. The van der Waals surface area contributed by atoms with Crippen molar-refractivity contribution in [2.24, 2.45) is 0 Å². The second kappa shape index (κ2) is 8.59. The normalized spacial score (nSPS) is 16.3. The minimum atomic E-state index is -3.40. The van der Waals surface area contributed by atoms with E-state index in [1.54, 1.807) is 20.0 Å². The molecule has 0 amide bonds. The molecule has 7 heteroatoms. The zero-order valence-corrected chi connectivity index (χ0v) is 17.1. The van der Waals surface area contributed by atoms with Crippen molar-refractivity contribution in [2.75, 3.05) is 24.6 Å². The van der Waals surface area contributed by atoms with Crippen LogP contribution in [0, 0.1) is 0 Å². The SMILES string of the molecule is CC(C)S(=O)(=O)c1ncc(CN2CCSCC2)n1CCc1ccccc1. The average molecular weight is 394 g/mol. The van der Waals surface area contributed by atoms with E-state index in [0.717, 1.165) is 43.3 Å². The fourth-order valence-electron chi connectivity index (χ4n) is 3.07. The van der Waals surface area contributed by atoms with Gasteiger partial charge in [-0.05, 0) is 25.8 Å². The fourth-order valence-corrected chi connectivity index (χ4v) is 5.18. The van der Waals surface area contributed by atoms with Crippen molar-refractivity contribution in [1.82, 2.24) is 14.5 Å². The molecule has 0 unspecified atom stereocenters. The molecule has 1 aliphatic rings. The summed E-state index contributed by atoms with van der Waals surface area (Å²) in [4.78, 5) is 6.72. The molecule has 0 atom stereocenters. The van der Waals surface area contributed by atoms with E-state index >= 15 is 0 Å². The number of thioether (sulfide) groups is 1. The predicted octanol–water partition coefficient (Wildman–Crippen LogP) is 2.86. The van der Waals surface area contributed by atoms with Gasteiger partial charge in [0.1, 0.15) is 0 Å². The Morgan fingerprint density at radius 3 is 2.50 bits per heavy atom. The summed E-state index contributed by atoms with van der Waals surface area (Å²) in [6.07, 6.45) is 2.54. The summed E-state index contributed by atoms with van der Waals surface area (Å²) in [7, 11) is -3.40. The highest BCUT2D eigenvalue weighted by Gasteiger charge is 2.27. The van der Waals surface area contributed by atoms with Gasteiger partial charge in [0.05, 0.1) is 17.1 Å². The van der Waals surface area contributed by atoms with Crippen molar-refractivity contribution >= 4 is 21.6 Å². The number of rotatable bonds is 7. The molecular formula is C19H27N3O2S2. The van der Waals surface area contributed by atoms with Crippen LogP contribution < -0.4 is 0 Å². The van der Waals surface area contributed by atoms with Crippen molar-refractivity contribution in [3.63, 3.8) is 0 Å². The van der Waals surface area contributed by atoms with Crippen LogP contribution in [-0.4, -0.2) is 52.7 Å². The van der Waals surface area contributed by atoms with Gasteiger partial charge in [-0.25, -0.2) is 13.4 Å². The molecule has 0 aliphatic carbocycles. The maximum absolute atomic E-state index is 12.8. The number of hydrogen-bond donors (Lipinski definition) is 0. The molecule has 1 fully saturated rings. The summed E-state index contributed by atoms with van der Waals surface area (Å²) < 4.78 is 27.5. The summed E-state index contributed by atoms with van der Waals surface area (Å²) in [5.74, 6) is 2.27. The van der Waals surface area contributed by atoms with Crippen molar-refractivity contribution in [3.05, 3.63) is 47.8 Å². The number of imidazole rings is 1. The summed E-state index contributed by atoms with van der Waals surface area (Å²) >= 11 is 1.97. The minimum Gasteiger partial charge on any atom is -0.317 e. The van der Waals surface area contributed by atoms with Gasteiger partial charge in [-0.3, -0.25) is 4.90 Å². The van der Waals surface area contributed by atoms with Gasteiger partial charge < -0.3 is 4.57 Å². The summed E-state index contributed by atoms with van der Waals surface area (Å²) in [6.45, 7) is 6.90. The van der Waals surface area contributed by atoms with E-state index in [9.17, 15) is 8.42 Å². The number of nitrogens with zero attached hydrogens (tertiary/aromatic N) is 3. The molecule has 1 aliphatic heterocycles. The highest BCUT2D eigenvalue weighted by Crippen LogP contribution is 2.20. The highest BCUT2D eigenvalue weighted by atomic mass is 32.2. The van der Waals surface area contributed by atoms with Crippen LogP contribution in [0.5, 0.6) is 0 Å². The summed E-state index contributed by atoms with van der Waals surface area (Å²) in [6, 6.07) is 10.2. The Balaban J connectivity index is 1.87. The fraction of sp³-hybridized carbons (Fsp3) is 0.526. The standard InChI is InChI=1S/C19H27N3O2S2/c1-16(2)26(23,24)19-20-14-18(15-21-10-12-25-13-11-21)22(19)9-8-17-6-4-3-5-7-17/h3-7,14,16H,8-13,15H2,1-2H3. The smallest absolute Gasteiger partial charge is 0.228 e. The van der Waals surface area contributed by atoms with Crippen molar-refractivity contribution in [1.29, 1.82) is 0 Å². The third-order valence-corrected chi connectivity index (χ3v) is 7.75. The second-order valence-corrected chi connectivity index (χ2v) is 10.5. The van der Waals surface area contributed by atoms with Crippen LogP contribution in [-0.2, 0) is 29.3 Å². The molecule has 142 valence electrons. The topological polar surface area (TPSA) is 55.2 Å². The van der Waals surface area contributed by atoms with Gasteiger partial charge >= 0.3 is 0 Å². The molecule has 1 aromatic carbocycles. The van der Waals surface area contributed by atoms with E-state index in [-0.39, 0.29) is 5.16 Å². The lowest BCUT2D eigenvalue weighted by atomic mass is 10.1. The monoisotopic (exact) mass is 393 g/mol. The maximum Gasteiger partial charge on any atom is 0.228 e. The molecule has 1 saturated heterocycles. The van der Waals surface area contributed by atoms with Gasteiger partial charge in [0.2, 0.25) is 15.0 Å². The molecule has 0 N–H and O–H groups in total. The Bertz CT molecular complexity index is 811. The number of benzene rings is 1. The Hall–Kier alpha value is -1.31. The zero-order valence-electron chi connectivity index (χ0n) is 15.5. The Morgan fingerprint density at radius 1 is 1.15 bits per heavy atom. The van der Waals surface area contributed by atoms with Crippen LogP contribution in [0.1, 0.15) is 25.1 Å². The van der Waals surface area contributed by atoms with Crippen LogP contribution in [0.15, 0.2) is 41.7 Å². The van der Waals surface area contributed by atoms with E-state index in [1.165, 1.54) is 5.56 Å². The Labute approximate surface area is 160 Å². The van der Waals surface area contributed by atoms with E-state index < -0.39 is 15.1 Å². The van der Waals surface area contributed by atoms with Gasteiger partial charge in [-0.2, -0.15) is 11.8 Å². The van der Waals surface area contributed by atoms with Crippen molar-refractivity contribution in [2.45, 2.75) is 43.8 Å². The van der Waals surface area contributed by atoms with Crippen LogP contribution in [0.4, 0.5) is 0 Å². The third kappa shape index (κ3) is 4.50. The summed E-state index contributed by atoms with van der Waals surface area (Å²) in [5, 5.41) is -0.260. The molecule has 0 spiro atoms. The number of hydrogen-bond acceptors (Lipinski definition) is 5. The van der Waals surface area contributed by atoms with Gasteiger partial charge in [-0.15, -0.1) is 0 Å². The third-order valence-electron chi connectivity index (χ3n) is 4.73. The van der Waals surface area contributed by atoms with Crippen LogP contribution >= 0.6 is 11.8 Å². The first-order chi connectivity index (χ1) is 12.5. The van der Waals surface area contributed by atoms with Gasteiger partial charge in [0.25, 0.3) is 0 Å². The molecule has 2 heterocycles. The quantitative estimate of drug-likeness (QED) is 0.724. The van der Waals surface area contributed by atoms with E-state index in [0.29, 0.717) is 6.54 Å². The van der Waals surface area contributed by atoms with E-state index in [2.05, 4.69) is 22.0 Å². The Kier molecular flexibility index (Phi) is 6.42.